The summed E-state index contributed by atoms with van der Waals surface area (Å²) in [7, 11) is -3.86. The Morgan fingerprint density at radius 2 is 1.52 bits per heavy atom. The molecule has 0 spiro atoms. The lowest BCUT2D eigenvalue weighted by Crippen LogP contribution is -2.46. The van der Waals surface area contributed by atoms with Crippen LogP contribution in [0.2, 0.25) is 36.3 Å². The molecule has 0 aromatic carbocycles. The molecule has 0 aliphatic heterocycles. The minimum absolute atomic E-state index is 0.0490. The molecule has 5 nitrogen and oxygen atoms in total. The fraction of sp³-hybridized carbons (Fsp3) is 0.800. The van der Waals surface area contributed by atoms with Gasteiger partial charge in [0, 0.05) is 12.0 Å². The molecule has 0 heterocycles. The maximum atomic E-state index is 13.2. The van der Waals surface area contributed by atoms with Gasteiger partial charge in [0.2, 0.25) is 0 Å². The van der Waals surface area contributed by atoms with E-state index in [1.165, 1.54) is 0 Å². The molecule has 0 amide bonds. The van der Waals surface area contributed by atoms with E-state index < -0.39 is 22.2 Å². The lowest BCUT2D eigenvalue weighted by molar-refractivity contribution is -0.146. The third-order valence-electron chi connectivity index (χ3n) is 9.46. The second-order valence-electron chi connectivity index (χ2n) is 14.6. The van der Waals surface area contributed by atoms with Crippen molar-refractivity contribution in [3.63, 3.8) is 0 Å². The smallest absolute Gasteiger partial charge is 0.330 e. The van der Waals surface area contributed by atoms with Gasteiger partial charge in [-0.05, 0) is 81.7 Å². The predicted molar refractivity (Wildman–Crippen MR) is 186 cm³/mol. The summed E-state index contributed by atoms with van der Waals surface area (Å²) in [5.41, 5.74) is 0.272. The zero-order valence-corrected chi connectivity index (χ0v) is 32.1. The van der Waals surface area contributed by atoms with Gasteiger partial charge in [-0.3, -0.25) is 0 Å². The summed E-state index contributed by atoms with van der Waals surface area (Å²) in [5.74, 6) is 0.282. The lowest BCUT2D eigenvalue weighted by Gasteiger charge is -2.40. The number of hydrogen-bond donors (Lipinski definition) is 1. The van der Waals surface area contributed by atoms with Crippen molar-refractivity contribution in [3.8, 4) is 0 Å². The van der Waals surface area contributed by atoms with Crippen LogP contribution in [0.5, 0.6) is 0 Å². The van der Waals surface area contributed by atoms with Gasteiger partial charge in [-0.1, -0.05) is 99.1 Å². The lowest BCUT2D eigenvalue weighted by atomic mass is 9.92. The molecule has 0 aromatic heterocycles. The Morgan fingerprint density at radius 1 is 0.976 bits per heavy atom. The minimum atomic E-state index is -1.99. The number of hydrogen-bond acceptors (Lipinski definition) is 5. The van der Waals surface area contributed by atoms with Gasteiger partial charge in [0.15, 0.2) is 16.6 Å². The maximum Gasteiger partial charge on any atom is 0.330 e. The van der Waals surface area contributed by atoms with Crippen LogP contribution in [0.4, 0.5) is 0 Å². The van der Waals surface area contributed by atoms with Crippen LogP contribution in [0.3, 0.4) is 0 Å². The van der Waals surface area contributed by atoms with E-state index in [0.29, 0.717) is 5.92 Å². The summed E-state index contributed by atoms with van der Waals surface area (Å²) >= 11 is 0. The monoisotopic (exact) mass is 624 g/mol. The van der Waals surface area contributed by atoms with Crippen LogP contribution in [-0.4, -0.2) is 52.1 Å². The Morgan fingerprint density at radius 3 is 1.95 bits per heavy atom. The highest BCUT2D eigenvalue weighted by atomic mass is 28.4. The molecule has 0 fully saturated rings. The van der Waals surface area contributed by atoms with Crippen LogP contribution < -0.4 is 0 Å². The molecule has 0 aromatic rings. The van der Waals surface area contributed by atoms with E-state index in [1.807, 2.05) is 32.9 Å². The number of rotatable bonds is 19. The van der Waals surface area contributed by atoms with Crippen LogP contribution >= 0.6 is 0 Å². The van der Waals surface area contributed by atoms with Crippen molar-refractivity contribution in [2.24, 2.45) is 17.8 Å². The quantitative estimate of drug-likeness (QED) is 0.0671. The molecule has 7 heteroatoms. The van der Waals surface area contributed by atoms with E-state index in [-0.39, 0.29) is 41.7 Å². The average Bonchev–Trinajstić information content (AvgIpc) is 2.89. The van der Waals surface area contributed by atoms with Gasteiger partial charge in [-0.2, -0.15) is 0 Å². The molecular weight excluding hydrogens is 557 g/mol. The molecule has 246 valence electrons. The van der Waals surface area contributed by atoms with Crippen LogP contribution in [0.25, 0.3) is 0 Å². The summed E-state index contributed by atoms with van der Waals surface area (Å²) < 4.78 is 19.5. The Balaban J connectivity index is 5.71. The first-order valence-electron chi connectivity index (χ1n) is 16.4. The molecule has 0 saturated carbocycles. The Labute approximate surface area is 262 Å². The molecular formula is C35H68O5Si2. The number of esters is 1. The van der Waals surface area contributed by atoms with Crippen molar-refractivity contribution in [3.05, 3.63) is 36.0 Å². The molecule has 0 bridgehead atoms. The summed E-state index contributed by atoms with van der Waals surface area (Å²) in [5, 5.41) is 10.3. The van der Waals surface area contributed by atoms with Gasteiger partial charge in [0.25, 0.3) is 0 Å². The Hall–Kier alpha value is -0.996. The van der Waals surface area contributed by atoms with Crippen molar-refractivity contribution in [1.29, 1.82) is 0 Å². The van der Waals surface area contributed by atoms with E-state index >= 15 is 0 Å². The van der Waals surface area contributed by atoms with Crippen molar-refractivity contribution in [1.82, 2.24) is 0 Å². The molecule has 42 heavy (non-hydrogen) atoms. The Bertz CT molecular complexity index is 874. The molecule has 1 N–H and O–H groups in total. The van der Waals surface area contributed by atoms with Crippen LogP contribution in [0.15, 0.2) is 36.0 Å². The van der Waals surface area contributed by atoms with Gasteiger partial charge in [-0.15, -0.1) is 0 Å². The average molecular weight is 625 g/mol. The fourth-order valence-corrected chi connectivity index (χ4v) is 9.27. The summed E-state index contributed by atoms with van der Waals surface area (Å²) in [4.78, 5) is 13.2. The van der Waals surface area contributed by atoms with Crippen molar-refractivity contribution >= 4 is 22.6 Å². The predicted octanol–water partition coefficient (Wildman–Crippen LogP) is 9.85. The SMILES string of the molecule is C/C=C/[C@H](O[Si](C)(C)C(C)(C)C)[C@H](C)/C(C)=C/C(=O)OC(CC(C)C)[C@H](C)C/C=C/[C@](C)(CO)O[Si](CC)(CC)CC. The topological polar surface area (TPSA) is 65.0 Å². The molecule has 1 unspecified atom stereocenters. The normalized spacial score (nSPS) is 18.4. The van der Waals surface area contributed by atoms with E-state index in [4.69, 9.17) is 13.6 Å². The molecule has 0 aliphatic carbocycles. The van der Waals surface area contributed by atoms with Gasteiger partial charge in [0.05, 0.1) is 18.3 Å². The van der Waals surface area contributed by atoms with Gasteiger partial charge in [-0.25, -0.2) is 4.79 Å². The van der Waals surface area contributed by atoms with Gasteiger partial charge < -0.3 is 18.7 Å². The van der Waals surface area contributed by atoms with E-state index in [1.54, 1.807) is 6.08 Å². The minimum Gasteiger partial charge on any atom is -0.459 e. The molecule has 0 rings (SSSR count). The maximum absolute atomic E-state index is 13.2. The highest BCUT2D eigenvalue weighted by Gasteiger charge is 2.40. The summed E-state index contributed by atoms with van der Waals surface area (Å²) in [6, 6.07) is 3.11. The largest absolute Gasteiger partial charge is 0.459 e. The van der Waals surface area contributed by atoms with Crippen LogP contribution in [0.1, 0.15) is 103 Å². The number of aliphatic hydroxyl groups is 1. The first kappa shape index (κ1) is 41.0. The zero-order valence-electron chi connectivity index (χ0n) is 30.1. The first-order chi connectivity index (χ1) is 19.3. The number of aliphatic hydroxyl groups excluding tert-OH is 1. The summed E-state index contributed by atoms with van der Waals surface area (Å²) in [6.07, 6.45) is 11.2. The summed E-state index contributed by atoms with van der Waals surface area (Å²) in [6.45, 7) is 32.4. The van der Waals surface area contributed by atoms with E-state index in [0.717, 1.165) is 36.5 Å². The standard InChI is InChI=1S/C35H68O5Si2/c1-16-21-31(39-41(14,15)34(10,11)12)30(9)29(8)25-33(37)38-32(24-27(5)6)28(7)22-20-23-35(13,26-36)40-42(17-2,18-3)19-4/h16,20-21,23,25,27-28,30-32,36H,17-19,22,24,26H2,1-15H3/b21-16+,23-20+,29-25+/t28-,30-,31+,32?,35-/m1/s1. The highest BCUT2D eigenvalue weighted by Crippen LogP contribution is 2.39. The van der Waals surface area contributed by atoms with E-state index in [2.05, 4.69) is 94.5 Å². The Kier molecular flexibility index (Phi) is 17.7. The van der Waals surface area contributed by atoms with Gasteiger partial charge in [0.1, 0.15) is 6.10 Å². The van der Waals surface area contributed by atoms with Crippen molar-refractivity contribution < 1.29 is 23.5 Å². The number of carbonyl (C=O) groups excluding carboxylic acids is 1. The second kappa shape index (κ2) is 18.1. The number of ether oxygens (including phenoxy) is 1. The molecule has 5 atom stereocenters. The van der Waals surface area contributed by atoms with Gasteiger partial charge >= 0.3 is 5.97 Å². The third-order valence-corrected chi connectivity index (χ3v) is 18.7. The number of carbonyl (C=O) groups is 1. The highest BCUT2D eigenvalue weighted by molar-refractivity contribution is 6.74. The third kappa shape index (κ3) is 13.3. The van der Waals surface area contributed by atoms with E-state index in [9.17, 15) is 9.90 Å². The molecule has 0 saturated heterocycles. The molecule has 0 radical (unpaired) electrons. The molecule has 0 aliphatic rings. The number of allylic oxidation sites excluding steroid dienone is 2. The van der Waals surface area contributed by atoms with Crippen LogP contribution in [-0.2, 0) is 18.4 Å². The first-order valence-corrected chi connectivity index (χ1v) is 21.9. The zero-order chi connectivity index (χ0) is 32.9. The van der Waals surface area contributed by atoms with Crippen molar-refractivity contribution in [2.75, 3.05) is 6.61 Å². The fourth-order valence-electron chi connectivity index (χ4n) is 4.90. The van der Waals surface area contributed by atoms with Crippen molar-refractivity contribution in [2.45, 2.75) is 157 Å². The second-order valence-corrected chi connectivity index (χ2v) is 24.0. The van der Waals surface area contributed by atoms with Crippen LogP contribution in [0, 0.1) is 17.8 Å².